The first kappa shape index (κ1) is 24.5. The molecule has 6 nitrogen and oxygen atoms in total. The highest BCUT2D eigenvalue weighted by molar-refractivity contribution is 5.92. The van der Waals surface area contributed by atoms with Crippen LogP contribution in [0.4, 0.5) is 5.69 Å². The predicted octanol–water partition coefficient (Wildman–Crippen LogP) is 6.69. The second kappa shape index (κ2) is 9.55. The molecule has 1 aromatic heterocycles. The van der Waals surface area contributed by atoms with Crippen LogP contribution in [0.3, 0.4) is 0 Å². The zero-order chi connectivity index (χ0) is 24.6. The summed E-state index contributed by atoms with van der Waals surface area (Å²) in [4.78, 5) is 24.6. The molecule has 6 heteroatoms. The largest absolute Gasteiger partial charge is 0.481 e. The molecule has 0 bridgehead atoms. The molecule has 184 valence electrons. The molecule has 2 fully saturated rings. The topological polar surface area (TPSA) is 92.4 Å². The number of carboxylic acid groups (broad SMARTS) is 1. The number of aromatic nitrogens is 1. The average Bonchev–Trinajstić information content (AvgIpc) is 3.43. The smallest absolute Gasteiger partial charge is 0.304 e. The minimum Gasteiger partial charge on any atom is -0.481 e. The van der Waals surface area contributed by atoms with Gasteiger partial charge in [-0.15, -0.1) is 0 Å². The lowest BCUT2D eigenvalue weighted by Gasteiger charge is -2.38. The number of carboxylic acids is 1. The summed E-state index contributed by atoms with van der Waals surface area (Å²) in [5.74, 6) is 0.775. The van der Waals surface area contributed by atoms with Gasteiger partial charge in [-0.3, -0.25) is 9.59 Å². The number of nitrogens with one attached hydrogen (secondary N) is 1. The summed E-state index contributed by atoms with van der Waals surface area (Å²) in [6.45, 7) is 10.8. The normalized spacial score (nSPS) is 21.1. The maximum absolute atomic E-state index is 12.9. The van der Waals surface area contributed by atoms with E-state index in [1.54, 1.807) is 0 Å². The Hall–Kier alpha value is -2.63. The molecule has 1 heterocycles. The number of hydrogen-bond donors (Lipinski definition) is 2. The molecule has 2 aliphatic carbocycles. The highest BCUT2D eigenvalue weighted by Gasteiger charge is 2.42. The molecule has 2 saturated carbocycles. The molecule has 2 aliphatic rings. The van der Waals surface area contributed by atoms with Crippen LogP contribution in [0.25, 0.3) is 0 Å². The van der Waals surface area contributed by atoms with Crippen molar-refractivity contribution in [3.05, 3.63) is 46.3 Å². The van der Waals surface area contributed by atoms with E-state index in [9.17, 15) is 14.7 Å². The van der Waals surface area contributed by atoms with Crippen LogP contribution >= 0.6 is 0 Å². The van der Waals surface area contributed by atoms with Crippen LogP contribution in [0.5, 0.6) is 0 Å². The fourth-order valence-electron chi connectivity index (χ4n) is 5.53. The van der Waals surface area contributed by atoms with Gasteiger partial charge in [0.1, 0.15) is 5.76 Å². The third kappa shape index (κ3) is 5.89. The van der Waals surface area contributed by atoms with Crippen molar-refractivity contribution in [1.82, 2.24) is 5.16 Å². The third-order valence-electron chi connectivity index (χ3n) is 7.17. The second-order valence-corrected chi connectivity index (χ2v) is 11.8. The third-order valence-corrected chi connectivity index (χ3v) is 7.17. The number of anilines is 1. The Kier molecular flexibility index (Phi) is 6.88. The lowest BCUT2D eigenvalue weighted by Crippen LogP contribution is -2.26. The summed E-state index contributed by atoms with van der Waals surface area (Å²) in [5, 5.41) is 17.0. The van der Waals surface area contributed by atoms with E-state index in [0.717, 1.165) is 53.8 Å². The number of nitrogens with zero attached hydrogens (tertiary/aromatic N) is 1. The molecule has 0 spiro atoms. The molecular formula is C28H38N2O4. The second-order valence-electron chi connectivity index (χ2n) is 11.8. The molecule has 1 amide bonds. The summed E-state index contributed by atoms with van der Waals surface area (Å²) in [6.07, 6.45) is 5.49. The molecule has 0 aliphatic heterocycles. The van der Waals surface area contributed by atoms with Gasteiger partial charge in [-0.25, -0.2) is 0 Å². The maximum Gasteiger partial charge on any atom is 0.304 e. The number of hydrogen-bond acceptors (Lipinski definition) is 4. The molecule has 1 atom stereocenters. The van der Waals surface area contributed by atoms with Crippen LogP contribution in [0.1, 0.15) is 112 Å². The number of benzene rings is 1. The predicted molar refractivity (Wildman–Crippen MR) is 132 cm³/mol. The molecule has 2 N–H and O–H groups in total. The Morgan fingerprint density at radius 2 is 1.85 bits per heavy atom. The summed E-state index contributed by atoms with van der Waals surface area (Å²) < 4.78 is 5.90. The van der Waals surface area contributed by atoms with Crippen LogP contribution in [-0.4, -0.2) is 22.1 Å². The molecule has 1 aromatic carbocycles. The van der Waals surface area contributed by atoms with Gasteiger partial charge in [0.25, 0.3) is 0 Å². The van der Waals surface area contributed by atoms with Gasteiger partial charge < -0.3 is 14.9 Å². The van der Waals surface area contributed by atoms with Crippen LogP contribution in [-0.2, 0) is 9.59 Å². The first-order chi connectivity index (χ1) is 16.0. The minimum atomic E-state index is -0.926. The van der Waals surface area contributed by atoms with E-state index in [2.05, 4.69) is 31.2 Å². The van der Waals surface area contributed by atoms with Gasteiger partial charge >= 0.3 is 5.97 Å². The van der Waals surface area contributed by atoms with Gasteiger partial charge in [-0.05, 0) is 74.8 Å². The van der Waals surface area contributed by atoms with E-state index in [0.29, 0.717) is 28.9 Å². The van der Waals surface area contributed by atoms with Gasteiger partial charge in [0.2, 0.25) is 5.91 Å². The molecule has 2 aromatic rings. The van der Waals surface area contributed by atoms with Crippen molar-refractivity contribution in [1.29, 1.82) is 0 Å². The standard InChI is InChI=1S/C28H38N2O4/c1-16-6-9-22(17(2)10-16)29-23(31)13-20(14-24(32)33)26-25(19-7-8-19)27(34-30-26)21-11-18(12-21)15-28(3,4)5/h6,9-10,18-21H,7-8,11-15H2,1-5H3,(H,29,31)(H,32,33)/t18-,20-,21+/m1/s1. The van der Waals surface area contributed by atoms with Gasteiger partial charge in [0.15, 0.2) is 0 Å². The molecule has 4 rings (SSSR count). The Morgan fingerprint density at radius 3 is 2.44 bits per heavy atom. The Balaban J connectivity index is 1.51. The van der Waals surface area contributed by atoms with Gasteiger partial charge in [0, 0.05) is 29.5 Å². The van der Waals surface area contributed by atoms with Crippen molar-refractivity contribution >= 4 is 17.6 Å². The minimum absolute atomic E-state index is 0.0720. The number of amides is 1. The molecular weight excluding hydrogens is 428 g/mol. The molecule has 0 unspecified atom stereocenters. The maximum atomic E-state index is 12.9. The lowest BCUT2D eigenvalue weighted by atomic mass is 9.67. The Labute approximate surface area is 202 Å². The number of rotatable bonds is 9. The van der Waals surface area contributed by atoms with E-state index in [4.69, 9.17) is 4.52 Å². The molecule has 0 radical (unpaired) electrons. The van der Waals surface area contributed by atoms with Crippen molar-refractivity contribution in [3.63, 3.8) is 0 Å². The highest BCUT2D eigenvalue weighted by atomic mass is 16.5. The highest BCUT2D eigenvalue weighted by Crippen LogP contribution is 2.53. The van der Waals surface area contributed by atoms with Crippen LogP contribution in [0.15, 0.2) is 22.7 Å². The fraction of sp³-hybridized carbons (Fsp3) is 0.607. The van der Waals surface area contributed by atoms with E-state index in [1.165, 1.54) is 6.42 Å². The number of aliphatic carboxylic acids is 1. The lowest BCUT2D eigenvalue weighted by molar-refractivity contribution is -0.137. The van der Waals surface area contributed by atoms with E-state index in [1.807, 2.05) is 32.0 Å². The zero-order valence-electron chi connectivity index (χ0n) is 21.1. The van der Waals surface area contributed by atoms with Gasteiger partial charge in [-0.1, -0.05) is 43.6 Å². The first-order valence-electron chi connectivity index (χ1n) is 12.6. The van der Waals surface area contributed by atoms with Crippen molar-refractivity contribution < 1.29 is 19.2 Å². The summed E-state index contributed by atoms with van der Waals surface area (Å²) in [6, 6.07) is 5.87. The number of carbonyl (C=O) groups excluding carboxylic acids is 1. The Morgan fingerprint density at radius 1 is 1.15 bits per heavy atom. The van der Waals surface area contributed by atoms with Crippen LogP contribution in [0, 0.1) is 25.2 Å². The number of aryl methyl sites for hydroxylation is 2. The number of carbonyl (C=O) groups is 2. The van der Waals surface area contributed by atoms with Crippen molar-refractivity contribution in [2.75, 3.05) is 5.32 Å². The zero-order valence-corrected chi connectivity index (χ0v) is 21.1. The summed E-state index contributed by atoms with van der Waals surface area (Å²) in [5.41, 5.74) is 4.98. The molecule has 34 heavy (non-hydrogen) atoms. The summed E-state index contributed by atoms with van der Waals surface area (Å²) >= 11 is 0. The van der Waals surface area contributed by atoms with Gasteiger partial charge in [0.05, 0.1) is 12.1 Å². The van der Waals surface area contributed by atoms with E-state index >= 15 is 0 Å². The quantitative estimate of drug-likeness (QED) is 0.430. The SMILES string of the molecule is Cc1ccc(NC(=O)C[C@H](CC(=O)O)c2noc([C@H]3C[C@@H](CC(C)(C)C)C3)c2C2CC2)c(C)c1. The van der Waals surface area contributed by atoms with Crippen LogP contribution in [0.2, 0.25) is 0 Å². The molecule has 0 saturated heterocycles. The monoisotopic (exact) mass is 466 g/mol. The Bertz CT molecular complexity index is 1050. The van der Waals surface area contributed by atoms with Crippen molar-refractivity contribution in [2.24, 2.45) is 11.3 Å². The van der Waals surface area contributed by atoms with Crippen LogP contribution < -0.4 is 5.32 Å². The fourth-order valence-corrected chi connectivity index (χ4v) is 5.53. The summed E-state index contributed by atoms with van der Waals surface area (Å²) in [7, 11) is 0. The van der Waals surface area contributed by atoms with Gasteiger partial charge in [-0.2, -0.15) is 0 Å². The van der Waals surface area contributed by atoms with E-state index in [-0.39, 0.29) is 18.7 Å². The first-order valence-corrected chi connectivity index (χ1v) is 12.6. The van der Waals surface area contributed by atoms with E-state index < -0.39 is 11.9 Å². The van der Waals surface area contributed by atoms with Crippen molar-refractivity contribution in [2.45, 2.75) is 97.3 Å². The average molecular weight is 467 g/mol. The van der Waals surface area contributed by atoms with Crippen molar-refractivity contribution in [3.8, 4) is 0 Å².